The van der Waals surface area contributed by atoms with Crippen LogP contribution in [0.25, 0.3) is 0 Å². The van der Waals surface area contributed by atoms with Gasteiger partial charge in [-0.25, -0.2) is 13.4 Å². The Labute approximate surface area is 178 Å². The average molecular weight is 435 g/mol. The molecular weight excluding hydrogens is 408 g/mol. The van der Waals surface area contributed by atoms with Gasteiger partial charge in [-0.3, -0.25) is 4.90 Å². The second-order valence-electron chi connectivity index (χ2n) is 7.71. The van der Waals surface area contributed by atoms with Crippen molar-refractivity contribution in [2.24, 2.45) is 0 Å². The Kier molecular flexibility index (Phi) is 6.39. The topological polar surface area (TPSA) is 56.8 Å². The summed E-state index contributed by atoms with van der Waals surface area (Å²) in [4.78, 5) is 9.38. The Hall–Kier alpha value is -1.67. The smallest absolute Gasteiger partial charge is 0.244 e. The number of halogens is 1. The number of benzene rings is 1. The maximum atomic E-state index is 12.8. The van der Waals surface area contributed by atoms with Crippen LogP contribution >= 0.6 is 11.6 Å². The Morgan fingerprint density at radius 3 is 2.34 bits per heavy atom. The van der Waals surface area contributed by atoms with E-state index in [-0.39, 0.29) is 0 Å². The van der Waals surface area contributed by atoms with Crippen molar-refractivity contribution in [3.8, 4) is 0 Å². The van der Waals surface area contributed by atoms with Crippen molar-refractivity contribution in [3.05, 3.63) is 53.2 Å². The van der Waals surface area contributed by atoms with Crippen molar-refractivity contribution in [1.29, 1.82) is 0 Å². The zero-order valence-electron chi connectivity index (χ0n) is 16.5. The van der Waals surface area contributed by atoms with E-state index >= 15 is 0 Å². The fraction of sp³-hybridized carbons (Fsp3) is 0.476. The van der Waals surface area contributed by atoms with Crippen molar-refractivity contribution in [2.45, 2.75) is 30.7 Å². The van der Waals surface area contributed by atoms with Crippen LogP contribution in [-0.2, 0) is 16.6 Å². The Balaban J connectivity index is 1.35. The lowest BCUT2D eigenvalue weighted by atomic mass is 10.2. The van der Waals surface area contributed by atoms with Gasteiger partial charge in [-0.1, -0.05) is 30.2 Å². The van der Waals surface area contributed by atoms with E-state index in [0.717, 1.165) is 62.8 Å². The lowest BCUT2D eigenvalue weighted by Crippen LogP contribution is -2.46. The molecule has 2 saturated heterocycles. The van der Waals surface area contributed by atoms with Crippen LogP contribution in [0.4, 0.5) is 5.82 Å². The predicted molar refractivity (Wildman–Crippen MR) is 116 cm³/mol. The van der Waals surface area contributed by atoms with Crippen LogP contribution in [-0.4, -0.2) is 61.9 Å². The van der Waals surface area contributed by atoms with Gasteiger partial charge in [0.1, 0.15) is 10.7 Å². The van der Waals surface area contributed by atoms with E-state index in [1.807, 2.05) is 24.3 Å². The fourth-order valence-electron chi connectivity index (χ4n) is 4.00. The quantitative estimate of drug-likeness (QED) is 0.723. The first kappa shape index (κ1) is 20.6. The van der Waals surface area contributed by atoms with E-state index in [1.54, 1.807) is 10.4 Å². The fourth-order valence-corrected chi connectivity index (χ4v) is 5.67. The third kappa shape index (κ3) is 4.91. The molecule has 0 spiro atoms. The summed E-state index contributed by atoms with van der Waals surface area (Å²) < 4.78 is 27.1. The molecule has 2 aromatic rings. The lowest BCUT2D eigenvalue weighted by molar-refractivity contribution is 0.249. The maximum Gasteiger partial charge on any atom is 0.244 e. The highest BCUT2D eigenvalue weighted by Gasteiger charge is 2.26. The van der Waals surface area contributed by atoms with Crippen molar-refractivity contribution in [2.75, 3.05) is 44.2 Å². The molecule has 0 bridgehead atoms. The van der Waals surface area contributed by atoms with Crippen LogP contribution in [0.5, 0.6) is 0 Å². The molecule has 0 N–H and O–H groups in total. The highest BCUT2D eigenvalue weighted by atomic mass is 35.5. The molecule has 0 radical (unpaired) electrons. The average Bonchev–Trinajstić information content (AvgIpc) is 2.75. The summed E-state index contributed by atoms with van der Waals surface area (Å²) in [6, 6.07) is 11.5. The lowest BCUT2D eigenvalue weighted by Gasteiger charge is -2.35. The number of rotatable bonds is 5. The molecule has 2 fully saturated rings. The normalized spacial score (nSPS) is 19.4. The van der Waals surface area contributed by atoms with Crippen LogP contribution in [0.1, 0.15) is 24.8 Å². The first-order chi connectivity index (χ1) is 14.0. The van der Waals surface area contributed by atoms with E-state index < -0.39 is 10.0 Å². The number of piperidine rings is 1. The monoisotopic (exact) mass is 434 g/mol. The van der Waals surface area contributed by atoms with Gasteiger partial charge in [0.05, 0.1) is 0 Å². The molecule has 2 aliphatic heterocycles. The molecular formula is C21H27ClN4O2S. The molecule has 0 amide bonds. The predicted octanol–water partition coefficient (Wildman–Crippen LogP) is 3.23. The summed E-state index contributed by atoms with van der Waals surface area (Å²) >= 11 is 6.08. The van der Waals surface area contributed by atoms with E-state index in [9.17, 15) is 8.42 Å². The molecule has 3 heterocycles. The largest absolute Gasteiger partial charge is 0.354 e. The van der Waals surface area contributed by atoms with Gasteiger partial charge in [0.25, 0.3) is 0 Å². The number of nitrogens with zero attached hydrogens (tertiary/aromatic N) is 4. The highest BCUT2D eigenvalue weighted by molar-refractivity contribution is 7.89. The second-order valence-corrected chi connectivity index (χ2v) is 10.1. The number of anilines is 1. The number of hydrogen-bond acceptors (Lipinski definition) is 5. The molecule has 0 atom stereocenters. The third-order valence-electron chi connectivity index (χ3n) is 5.67. The Morgan fingerprint density at radius 1 is 0.931 bits per heavy atom. The van der Waals surface area contributed by atoms with E-state index in [4.69, 9.17) is 11.6 Å². The van der Waals surface area contributed by atoms with Crippen molar-refractivity contribution < 1.29 is 8.42 Å². The van der Waals surface area contributed by atoms with E-state index in [2.05, 4.69) is 20.9 Å². The van der Waals surface area contributed by atoms with Crippen LogP contribution in [0, 0.1) is 0 Å². The van der Waals surface area contributed by atoms with Gasteiger partial charge in [-0.2, -0.15) is 4.31 Å². The number of hydrogen-bond donors (Lipinski definition) is 0. The van der Waals surface area contributed by atoms with Gasteiger partial charge < -0.3 is 4.90 Å². The van der Waals surface area contributed by atoms with Gasteiger partial charge in [0.15, 0.2) is 0 Å². The minimum atomic E-state index is -3.42. The Bertz CT molecular complexity index is 922. The van der Waals surface area contributed by atoms with Gasteiger partial charge in [0.2, 0.25) is 10.0 Å². The van der Waals surface area contributed by atoms with E-state index in [0.29, 0.717) is 18.0 Å². The van der Waals surface area contributed by atoms with Gasteiger partial charge in [-0.15, -0.1) is 0 Å². The molecule has 1 aromatic heterocycles. The third-order valence-corrected chi connectivity index (χ3v) is 7.78. The van der Waals surface area contributed by atoms with Gasteiger partial charge in [0, 0.05) is 57.0 Å². The molecule has 1 aromatic carbocycles. The number of sulfonamides is 1. The summed E-state index contributed by atoms with van der Waals surface area (Å²) in [7, 11) is -3.42. The second kappa shape index (κ2) is 9.00. The van der Waals surface area contributed by atoms with E-state index in [1.165, 1.54) is 11.8 Å². The standard InChI is InChI=1S/C21H27ClN4O2S/c22-19-6-4-5-18(15-19)17-24-11-13-25(14-12-24)21-8-7-20(16-23-21)29(27,28)26-9-2-1-3-10-26/h4-8,15-16H,1-3,9-14,17H2. The molecule has 8 heteroatoms. The minimum Gasteiger partial charge on any atom is -0.354 e. The van der Waals surface area contributed by atoms with Crippen LogP contribution < -0.4 is 4.90 Å². The summed E-state index contributed by atoms with van der Waals surface area (Å²) in [6.07, 6.45) is 4.48. The molecule has 0 unspecified atom stereocenters. The molecule has 0 aliphatic carbocycles. The first-order valence-electron chi connectivity index (χ1n) is 10.2. The molecule has 6 nitrogen and oxygen atoms in total. The molecule has 29 heavy (non-hydrogen) atoms. The maximum absolute atomic E-state index is 12.8. The Morgan fingerprint density at radius 2 is 1.69 bits per heavy atom. The van der Waals surface area contributed by atoms with Crippen LogP contribution in [0.15, 0.2) is 47.5 Å². The minimum absolute atomic E-state index is 0.294. The summed E-state index contributed by atoms with van der Waals surface area (Å²) in [5.74, 6) is 0.838. The molecule has 156 valence electrons. The highest BCUT2D eigenvalue weighted by Crippen LogP contribution is 2.22. The summed E-state index contributed by atoms with van der Waals surface area (Å²) in [5, 5.41) is 0.768. The molecule has 0 saturated carbocycles. The molecule has 2 aliphatic rings. The SMILES string of the molecule is O=S(=O)(c1ccc(N2CCN(Cc3cccc(Cl)c3)CC2)nc1)N1CCCCC1. The molecule has 4 rings (SSSR count). The van der Waals surface area contributed by atoms with Crippen molar-refractivity contribution in [1.82, 2.24) is 14.2 Å². The number of aromatic nitrogens is 1. The zero-order valence-corrected chi connectivity index (χ0v) is 18.1. The van der Waals surface area contributed by atoms with Crippen LogP contribution in [0.3, 0.4) is 0 Å². The van der Waals surface area contributed by atoms with Crippen molar-refractivity contribution >= 4 is 27.4 Å². The zero-order chi connectivity index (χ0) is 20.3. The van der Waals surface area contributed by atoms with Crippen LogP contribution in [0.2, 0.25) is 5.02 Å². The summed E-state index contributed by atoms with van der Waals surface area (Å²) in [6.45, 7) is 5.70. The van der Waals surface area contributed by atoms with Gasteiger partial charge >= 0.3 is 0 Å². The summed E-state index contributed by atoms with van der Waals surface area (Å²) in [5.41, 5.74) is 1.22. The van der Waals surface area contributed by atoms with Gasteiger partial charge in [-0.05, 0) is 42.7 Å². The van der Waals surface area contributed by atoms with Crippen molar-refractivity contribution in [3.63, 3.8) is 0 Å². The number of pyridine rings is 1. The first-order valence-corrected chi connectivity index (χ1v) is 12.0. The number of piperazine rings is 1.